The second kappa shape index (κ2) is 11.0. The highest BCUT2D eigenvalue weighted by molar-refractivity contribution is 5.94. The number of likely N-dealkylation sites (N-methyl/N-ethyl adjacent to an activating group) is 1. The van der Waals surface area contributed by atoms with Crippen molar-refractivity contribution in [2.75, 3.05) is 54.9 Å². The van der Waals surface area contributed by atoms with Crippen LogP contribution in [0.4, 0.5) is 23.1 Å². The molecule has 11 heteroatoms. The molecule has 41 heavy (non-hydrogen) atoms. The average molecular weight is 555 g/mol. The zero-order valence-corrected chi connectivity index (χ0v) is 23.7. The van der Waals surface area contributed by atoms with E-state index in [4.69, 9.17) is 10.1 Å². The highest BCUT2D eigenvalue weighted by atomic mass is 16.1. The number of rotatable bonds is 6. The second-order valence-corrected chi connectivity index (χ2v) is 11.6. The van der Waals surface area contributed by atoms with Gasteiger partial charge >= 0.3 is 0 Å². The third kappa shape index (κ3) is 5.46. The number of aromatic nitrogens is 5. The normalized spacial score (nSPS) is 19.8. The molecule has 7 rings (SSSR count). The van der Waals surface area contributed by atoms with Gasteiger partial charge in [0.25, 0.3) is 5.91 Å². The molecule has 2 saturated heterocycles. The molecule has 3 aliphatic rings. The maximum absolute atomic E-state index is 13.2. The number of amides is 1. The summed E-state index contributed by atoms with van der Waals surface area (Å²) in [5.74, 6) is 2.48. The standard InChI is InChI=1S/C30H38N10O/c1-36-16-17-39-25(21-36)18-26(35-39)33-29-19-28(34-27-11-12-31-40(27)29)38-15-5-6-23(20-38)32-30(41)22-7-9-24(10-8-22)37-13-3-2-4-14-37/h7-12,18-19,23H,2-6,13-17,20-21H2,1H3,(H,32,41)(H,33,35)/t23-/m1/s1. The van der Waals surface area contributed by atoms with Crippen molar-refractivity contribution in [1.82, 2.24) is 34.6 Å². The maximum Gasteiger partial charge on any atom is 0.251 e. The predicted octanol–water partition coefficient (Wildman–Crippen LogP) is 3.50. The minimum Gasteiger partial charge on any atom is -0.372 e. The van der Waals surface area contributed by atoms with Crippen LogP contribution in [-0.2, 0) is 13.1 Å². The van der Waals surface area contributed by atoms with Crippen LogP contribution in [0.5, 0.6) is 0 Å². The topological polar surface area (TPSA) is 98.9 Å². The lowest BCUT2D eigenvalue weighted by molar-refractivity contribution is 0.0933. The van der Waals surface area contributed by atoms with Crippen LogP contribution in [0.2, 0.25) is 0 Å². The van der Waals surface area contributed by atoms with Crippen LogP contribution in [0.1, 0.15) is 48.2 Å². The molecule has 6 heterocycles. The summed E-state index contributed by atoms with van der Waals surface area (Å²) in [6.45, 7) is 6.56. The van der Waals surface area contributed by atoms with Crippen molar-refractivity contribution in [1.29, 1.82) is 0 Å². The number of hydrogen-bond donors (Lipinski definition) is 2. The molecule has 2 N–H and O–H groups in total. The third-order valence-electron chi connectivity index (χ3n) is 8.52. The van der Waals surface area contributed by atoms with Crippen molar-refractivity contribution in [2.24, 2.45) is 0 Å². The number of benzene rings is 1. The first-order chi connectivity index (χ1) is 20.1. The molecule has 1 amide bonds. The first-order valence-corrected chi connectivity index (χ1v) is 14.9. The lowest BCUT2D eigenvalue weighted by Gasteiger charge is -2.34. The Kier molecular flexibility index (Phi) is 6.95. The second-order valence-electron chi connectivity index (χ2n) is 11.6. The molecule has 11 nitrogen and oxygen atoms in total. The van der Waals surface area contributed by atoms with E-state index in [-0.39, 0.29) is 11.9 Å². The Labute approximate surface area is 240 Å². The molecule has 2 fully saturated rings. The summed E-state index contributed by atoms with van der Waals surface area (Å²) in [5, 5.41) is 16.0. The van der Waals surface area contributed by atoms with Gasteiger partial charge in [-0.2, -0.15) is 14.7 Å². The fourth-order valence-electron chi connectivity index (χ4n) is 6.29. The quantitative estimate of drug-likeness (QED) is 0.374. The summed E-state index contributed by atoms with van der Waals surface area (Å²) >= 11 is 0. The van der Waals surface area contributed by atoms with Gasteiger partial charge in [-0.25, -0.2) is 4.98 Å². The van der Waals surface area contributed by atoms with Gasteiger partial charge < -0.3 is 20.4 Å². The Hall–Kier alpha value is -4.12. The first kappa shape index (κ1) is 25.8. The first-order valence-electron chi connectivity index (χ1n) is 14.9. The lowest BCUT2D eigenvalue weighted by Crippen LogP contribution is -2.48. The Morgan fingerprint density at radius 1 is 0.927 bits per heavy atom. The van der Waals surface area contributed by atoms with E-state index in [2.05, 4.69) is 60.4 Å². The van der Waals surface area contributed by atoms with Crippen LogP contribution in [0.3, 0.4) is 0 Å². The van der Waals surface area contributed by atoms with Crippen molar-refractivity contribution in [2.45, 2.75) is 51.2 Å². The molecule has 4 aromatic rings. The van der Waals surface area contributed by atoms with Gasteiger partial charge in [-0.3, -0.25) is 14.4 Å². The van der Waals surface area contributed by atoms with Crippen LogP contribution < -0.4 is 20.4 Å². The molecule has 0 unspecified atom stereocenters. The zero-order chi connectivity index (χ0) is 27.8. The Bertz CT molecular complexity index is 1520. The summed E-state index contributed by atoms with van der Waals surface area (Å²) in [6.07, 6.45) is 7.48. The molecular formula is C30H38N10O. The number of nitrogens with one attached hydrogen (secondary N) is 2. The predicted molar refractivity (Wildman–Crippen MR) is 160 cm³/mol. The van der Waals surface area contributed by atoms with Crippen LogP contribution in [0, 0.1) is 0 Å². The average Bonchev–Trinajstić information content (AvgIpc) is 3.64. The molecule has 214 valence electrons. The third-order valence-corrected chi connectivity index (χ3v) is 8.52. The smallest absolute Gasteiger partial charge is 0.251 e. The van der Waals surface area contributed by atoms with E-state index in [0.717, 1.165) is 75.2 Å². The van der Waals surface area contributed by atoms with E-state index in [1.165, 1.54) is 30.6 Å². The maximum atomic E-state index is 13.2. The minimum atomic E-state index is -0.0157. The van der Waals surface area contributed by atoms with Gasteiger partial charge in [0.05, 0.1) is 18.4 Å². The summed E-state index contributed by atoms with van der Waals surface area (Å²) in [6, 6.07) is 14.2. The molecule has 3 aliphatic heterocycles. The Balaban J connectivity index is 1.04. The minimum absolute atomic E-state index is 0.0157. The molecule has 0 saturated carbocycles. The number of carbonyl (C=O) groups excluding carboxylic acids is 1. The van der Waals surface area contributed by atoms with Gasteiger partial charge in [-0.15, -0.1) is 0 Å². The van der Waals surface area contributed by atoms with E-state index < -0.39 is 0 Å². The molecular weight excluding hydrogens is 516 g/mol. The number of fused-ring (bicyclic) bond motifs is 2. The monoisotopic (exact) mass is 554 g/mol. The molecule has 0 radical (unpaired) electrons. The van der Waals surface area contributed by atoms with E-state index in [9.17, 15) is 4.79 Å². The lowest BCUT2D eigenvalue weighted by atomic mass is 10.0. The largest absolute Gasteiger partial charge is 0.372 e. The fourth-order valence-corrected chi connectivity index (χ4v) is 6.29. The summed E-state index contributed by atoms with van der Waals surface area (Å²) in [4.78, 5) is 25.0. The van der Waals surface area contributed by atoms with Crippen molar-refractivity contribution < 1.29 is 4.79 Å². The van der Waals surface area contributed by atoms with Crippen LogP contribution in [0.25, 0.3) is 5.65 Å². The van der Waals surface area contributed by atoms with Gasteiger partial charge in [-0.05, 0) is 63.4 Å². The number of hydrogen-bond acceptors (Lipinski definition) is 8. The fraction of sp³-hybridized carbons (Fsp3) is 0.467. The SMILES string of the molecule is CN1CCn2nc(Nc3cc(N4CCC[C@@H](NC(=O)c5ccc(N6CCCCC6)cc5)C4)nc4ccnn34)cc2C1. The highest BCUT2D eigenvalue weighted by Crippen LogP contribution is 2.26. The van der Waals surface area contributed by atoms with E-state index in [1.807, 2.05) is 28.8 Å². The van der Waals surface area contributed by atoms with Gasteiger partial charge in [0, 0.05) is 74.8 Å². The van der Waals surface area contributed by atoms with Crippen molar-refractivity contribution in [3.63, 3.8) is 0 Å². The molecule has 3 aromatic heterocycles. The van der Waals surface area contributed by atoms with Crippen LogP contribution in [0.15, 0.2) is 48.7 Å². The van der Waals surface area contributed by atoms with E-state index >= 15 is 0 Å². The summed E-state index contributed by atoms with van der Waals surface area (Å²) < 4.78 is 3.88. The highest BCUT2D eigenvalue weighted by Gasteiger charge is 2.25. The van der Waals surface area contributed by atoms with E-state index in [0.29, 0.717) is 12.1 Å². The Morgan fingerprint density at radius 2 is 1.76 bits per heavy atom. The van der Waals surface area contributed by atoms with Gasteiger partial charge in [-0.1, -0.05) is 0 Å². The number of nitrogens with zero attached hydrogens (tertiary/aromatic N) is 8. The summed E-state index contributed by atoms with van der Waals surface area (Å²) in [5.41, 5.74) is 3.89. The number of carbonyl (C=O) groups is 1. The van der Waals surface area contributed by atoms with Gasteiger partial charge in [0.2, 0.25) is 0 Å². The van der Waals surface area contributed by atoms with Crippen LogP contribution >= 0.6 is 0 Å². The molecule has 1 aromatic carbocycles. The van der Waals surface area contributed by atoms with Crippen LogP contribution in [-0.4, -0.2) is 81.0 Å². The van der Waals surface area contributed by atoms with Crippen molar-refractivity contribution >= 4 is 34.7 Å². The van der Waals surface area contributed by atoms with E-state index in [1.54, 1.807) is 6.20 Å². The molecule has 0 spiro atoms. The number of piperidine rings is 2. The molecule has 0 aliphatic carbocycles. The Morgan fingerprint density at radius 3 is 2.61 bits per heavy atom. The molecule has 0 bridgehead atoms. The zero-order valence-electron chi connectivity index (χ0n) is 23.7. The molecule has 1 atom stereocenters. The van der Waals surface area contributed by atoms with Gasteiger partial charge in [0.15, 0.2) is 11.5 Å². The van der Waals surface area contributed by atoms with Crippen molar-refractivity contribution in [3.8, 4) is 0 Å². The summed E-state index contributed by atoms with van der Waals surface area (Å²) in [7, 11) is 2.13. The van der Waals surface area contributed by atoms with Gasteiger partial charge in [0.1, 0.15) is 11.6 Å². The van der Waals surface area contributed by atoms with Crippen molar-refractivity contribution in [3.05, 3.63) is 59.9 Å². The number of anilines is 4.